The zero-order chi connectivity index (χ0) is 13.0. The highest BCUT2D eigenvalue weighted by atomic mass is 16.5. The van der Waals surface area contributed by atoms with Gasteiger partial charge in [0.05, 0.1) is 12.1 Å². The van der Waals surface area contributed by atoms with E-state index < -0.39 is 0 Å². The Hall–Kier alpha value is -0.650. The van der Waals surface area contributed by atoms with Gasteiger partial charge in [0.15, 0.2) is 0 Å². The van der Waals surface area contributed by atoms with Crippen LogP contribution in [0.2, 0.25) is 0 Å². The van der Waals surface area contributed by atoms with Gasteiger partial charge in [0.2, 0.25) is 5.91 Å². The summed E-state index contributed by atoms with van der Waals surface area (Å²) in [6.07, 6.45) is 3.35. The van der Waals surface area contributed by atoms with Gasteiger partial charge >= 0.3 is 0 Å². The third kappa shape index (κ3) is 3.67. The normalized spacial score (nSPS) is 30.6. The van der Waals surface area contributed by atoms with E-state index in [4.69, 9.17) is 4.74 Å². The first kappa shape index (κ1) is 13.8. The summed E-state index contributed by atoms with van der Waals surface area (Å²) in [4.78, 5) is 14.3. The molecule has 2 aliphatic rings. The predicted octanol–water partition coefficient (Wildman–Crippen LogP) is -0.179. The number of amides is 1. The van der Waals surface area contributed by atoms with Crippen LogP contribution in [0.4, 0.5) is 0 Å². The zero-order valence-corrected chi connectivity index (χ0v) is 11.4. The van der Waals surface area contributed by atoms with Crippen LogP contribution < -0.4 is 10.6 Å². The molecule has 5 heteroatoms. The summed E-state index contributed by atoms with van der Waals surface area (Å²) in [6.45, 7) is 3.90. The average molecular weight is 255 g/mol. The smallest absolute Gasteiger partial charge is 0.237 e. The topological polar surface area (TPSA) is 53.6 Å². The van der Waals surface area contributed by atoms with Gasteiger partial charge in [0.25, 0.3) is 0 Å². The minimum absolute atomic E-state index is 0.0683. The number of nitrogens with one attached hydrogen (secondary N) is 2. The van der Waals surface area contributed by atoms with E-state index in [9.17, 15) is 4.79 Å². The van der Waals surface area contributed by atoms with Crippen molar-refractivity contribution >= 4 is 5.91 Å². The number of carbonyl (C=O) groups excluding carboxylic acids is 1. The number of nitrogens with zero attached hydrogens (tertiary/aromatic N) is 1. The van der Waals surface area contributed by atoms with Crippen LogP contribution in [-0.2, 0) is 9.53 Å². The second kappa shape index (κ2) is 6.50. The summed E-state index contributed by atoms with van der Waals surface area (Å²) in [6, 6.07) is -0.0683. The number of piperidine rings is 1. The van der Waals surface area contributed by atoms with Crippen molar-refractivity contribution in [2.75, 3.05) is 40.3 Å². The largest absolute Gasteiger partial charge is 0.380 e. The third-order valence-electron chi connectivity index (χ3n) is 4.14. The molecule has 0 aromatic carbocycles. The van der Waals surface area contributed by atoms with Crippen LogP contribution in [0.1, 0.15) is 19.3 Å². The lowest BCUT2D eigenvalue weighted by Crippen LogP contribution is -2.43. The van der Waals surface area contributed by atoms with Crippen LogP contribution in [0.15, 0.2) is 0 Å². The van der Waals surface area contributed by atoms with Gasteiger partial charge in [-0.2, -0.15) is 0 Å². The zero-order valence-electron chi connectivity index (χ0n) is 11.4. The monoisotopic (exact) mass is 255 g/mol. The molecule has 0 bridgehead atoms. The number of carbonyl (C=O) groups is 1. The summed E-state index contributed by atoms with van der Waals surface area (Å²) in [5.74, 6) is 0.776. The van der Waals surface area contributed by atoms with Gasteiger partial charge in [-0.25, -0.2) is 0 Å². The highest BCUT2D eigenvalue weighted by Gasteiger charge is 2.29. The number of ether oxygens (including phenoxy) is 1. The molecule has 2 heterocycles. The number of rotatable bonds is 4. The molecule has 0 saturated carbocycles. The standard InChI is InChI=1S/C13H25N3O2/c1-16-5-3-10(4-6-16)8-15-13(17)12-7-11(18-2)9-14-12/h10-12,14H,3-9H2,1-2H3,(H,15,17). The number of hydrogen-bond acceptors (Lipinski definition) is 4. The van der Waals surface area contributed by atoms with Crippen LogP contribution in [0.5, 0.6) is 0 Å². The Kier molecular flexibility index (Phi) is 4.97. The van der Waals surface area contributed by atoms with Gasteiger partial charge in [0.1, 0.15) is 0 Å². The molecule has 0 aromatic rings. The Morgan fingerprint density at radius 3 is 2.78 bits per heavy atom. The van der Waals surface area contributed by atoms with Crippen molar-refractivity contribution in [2.45, 2.75) is 31.4 Å². The lowest BCUT2D eigenvalue weighted by Gasteiger charge is -2.29. The second-order valence-electron chi connectivity index (χ2n) is 5.55. The first-order valence-electron chi connectivity index (χ1n) is 6.91. The number of likely N-dealkylation sites (tertiary alicyclic amines) is 1. The summed E-state index contributed by atoms with van der Waals surface area (Å²) in [5.41, 5.74) is 0. The summed E-state index contributed by atoms with van der Waals surface area (Å²) in [5, 5.41) is 6.29. The van der Waals surface area contributed by atoms with Crippen molar-refractivity contribution in [3.8, 4) is 0 Å². The van der Waals surface area contributed by atoms with E-state index >= 15 is 0 Å². The van der Waals surface area contributed by atoms with Crippen LogP contribution in [0, 0.1) is 5.92 Å². The van der Waals surface area contributed by atoms with E-state index in [1.54, 1.807) is 7.11 Å². The molecule has 18 heavy (non-hydrogen) atoms. The fraction of sp³-hybridized carbons (Fsp3) is 0.923. The molecule has 2 saturated heterocycles. The maximum atomic E-state index is 12.0. The molecule has 2 rings (SSSR count). The summed E-state index contributed by atoms with van der Waals surface area (Å²) in [7, 11) is 3.85. The Morgan fingerprint density at radius 2 is 2.17 bits per heavy atom. The molecular weight excluding hydrogens is 230 g/mol. The molecule has 2 N–H and O–H groups in total. The molecule has 0 aliphatic carbocycles. The molecule has 0 spiro atoms. The minimum Gasteiger partial charge on any atom is -0.380 e. The molecule has 2 atom stereocenters. The molecule has 104 valence electrons. The van der Waals surface area contributed by atoms with Gasteiger partial charge in [-0.1, -0.05) is 0 Å². The Morgan fingerprint density at radius 1 is 1.44 bits per heavy atom. The maximum absolute atomic E-state index is 12.0. The molecule has 1 amide bonds. The quantitative estimate of drug-likeness (QED) is 0.732. The van der Waals surface area contributed by atoms with Gasteiger partial charge in [-0.15, -0.1) is 0 Å². The first-order valence-corrected chi connectivity index (χ1v) is 6.91. The first-order chi connectivity index (χ1) is 8.69. The van der Waals surface area contributed by atoms with E-state index in [1.807, 2.05) is 0 Å². The number of hydrogen-bond donors (Lipinski definition) is 2. The minimum atomic E-state index is -0.0683. The molecule has 2 fully saturated rings. The van der Waals surface area contributed by atoms with Gasteiger partial charge in [-0.05, 0) is 45.3 Å². The van der Waals surface area contributed by atoms with Crippen molar-refractivity contribution in [2.24, 2.45) is 5.92 Å². The van der Waals surface area contributed by atoms with Crippen LogP contribution >= 0.6 is 0 Å². The average Bonchev–Trinajstić information content (AvgIpc) is 2.86. The Bertz CT molecular complexity index is 277. The van der Waals surface area contributed by atoms with Crippen molar-refractivity contribution < 1.29 is 9.53 Å². The van der Waals surface area contributed by atoms with Crippen LogP contribution in [0.3, 0.4) is 0 Å². The molecule has 2 unspecified atom stereocenters. The predicted molar refractivity (Wildman–Crippen MR) is 70.4 cm³/mol. The highest BCUT2D eigenvalue weighted by molar-refractivity contribution is 5.82. The maximum Gasteiger partial charge on any atom is 0.237 e. The Balaban J connectivity index is 1.66. The molecular formula is C13H25N3O2. The second-order valence-corrected chi connectivity index (χ2v) is 5.55. The highest BCUT2D eigenvalue weighted by Crippen LogP contribution is 2.15. The van der Waals surface area contributed by atoms with Crippen LogP contribution in [-0.4, -0.2) is 63.3 Å². The molecule has 0 radical (unpaired) electrons. The van der Waals surface area contributed by atoms with Crippen molar-refractivity contribution in [1.29, 1.82) is 0 Å². The summed E-state index contributed by atoms with van der Waals surface area (Å²) >= 11 is 0. The molecule has 5 nitrogen and oxygen atoms in total. The van der Waals surface area contributed by atoms with E-state index in [-0.39, 0.29) is 18.1 Å². The van der Waals surface area contributed by atoms with Gasteiger partial charge in [-0.3, -0.25) is 4.79 Å². The van der Waals surface area contributed by atoms with Crippen LogP contribution in [0.25, 0.3) is 0 Å². The third-order valence-corrected chi connectivity index (χ3v) is 4.14. The molecule has 0 aromatic heterocycles. The van der Waals surface area contributed by atoms with Crippen molar-refractivity contribution in [3.63, 3.8) is 0 Å². The lowest BCUT2D eigenvalue weighted by molar-refractivity contribution is -0.123. The number of methoxy groups -OCH3 is 1. The SMILES string of the molecule is COC1CNC(C(=O)NCC2CCN(C)CC2)C1. The lowest BCUT2D eigenvalue weighted by atomic mass is 9.97. The van der Waals surface area contributed by atoms with Crippen molar-refractivity contribution in [1.82, 2.24) is 15.5 Å². The molecule has 2 aliphatic heterocycles. The van der Waals surface area contributed by atoms with Gasteiger partial charge < -0.3 is 20.3 Å². The van der Waals surface area contributed by atoms with E-state index in [0.717, 1.165) is 32.6 Å². The van der Waals surface area contributed by atoms with E-state index in [2.05, 4.69) is 22.6 Å². The van der Waals surface area contributed by atoms with Gasteiger partial charge in [0, 0.05) is 20.2 Å². The van der Waals surface area contributed by atoms with E-state index in [0.29, 0.717) is 5.92 Å². The van der Waals surface area contributed by atoms with E-state index in [1.165, 1.54) is 12.8 Å². The van der Waals surface area contributed by atoms with Crippen molar-refractivity contribution in [3.05, 3.63) is 0 Å². The fourth-order valence-corrected chi connectivity index (χ4v) is 2.72. The summed E-state index contributed by atoms with van der Waals surface area (Å²) < 4.78 is 5.25. The fourth-order valence-electron chi connectivity index (χ4n) is 2.72. The Labute approximate surface area is 109 Å².